The van der Waals surface area contributed by atoms with Gasteiger partial charge in [0.25, 0.3) is 0 Å². The minimum Gasteiger partial charge on any atom is -0.303 e. The monoisotopic (exact) mass is 498 g/mol. The molecule has 0 rings (SSSR count). The lowest BCUT2D eigenvalue weighted by atomic mass is 10.1. The molecule has 0 spiro atoms. The Labute approximate surface area is 215 Å². The quantitative estimate of drug-likeness (QED) is 0.113. The van der Waals surface area contributed by atoms with Gasteiger partial charge in [0.15, 0.2) is 5.12 Å². The standard InChI is InChI=1S/C28H54N2OS2/c1-9-16-29(23-26(7)10-2)17-11-14-27(8)32-19-13-20-33-28(31)15-12-18-30(21-24(3)4)22-25(5)6/h10,24-26H,2,8-9,11-23H2,1,3-7H3. The maximum Gasteiger partial charge on any atom is 0.188 e. The van der Waals surface area contributed by atoms with E-state index in [0.717, 1.165) is 70.0 Å². The highest BCUT2D eigenvalue weighted by atomic mass is 32.2. The third-order valence-electron chi connectivity index (χ3n) is 5.38. The summed E-state index contributed by atoms with van der Waals surface area (Å²) < 4.78 is 0. The van der Waals surface area contributed by atoms with E-state index in [1.165, 1.54) is 29.5 Å². The molecule has 33 heavy (non-hydrogen) atoms. The van der Waals surface area contributed by atoms with Gasteiger partial charge in [-0.15, -0.1) is 18.3 Å². The van der Waals surface area contributed by atoms with Gasteiger partial charge in [0, 0.05) is 31.8 Å². The Morgan fingerprint density at radius 3 is 1.97 bits per heavy atom. The van der Waals surface area contributed by atoms with Gasteiger partial charge in [0.1, 0.15) is 0 Å². The first-order valence-electron chi connectivity index (χ1n) is 13.2. The maximum atomic E-state index is 12.2. The number of nitrogens with zero attached hydrogens (tertiary/aromatic N) is 2. The predicted molar refractivity (Wildman–Crippen MR) is 154 cm³/mol. The summed E-state index contributed by atoms with van der Waals surface area (Å²) in [5.74, 6) is 3.91. The molecule has 1 unspecified atom stereocenters. The zero-order valence-electron chi connectivity index (χ0n) is 22.7. The van der Waals surface area contributed by atoms with Crippen LogP contribution in [0.15, 0.2) is 24.1 Å². The van der Waals surface area contributed by atoms with Crippen molar-refractivity contribution < 1.29 is 4.79 Å². The van der Waals surface area contributed by atoms with E-state index in [0.29, 0.717) is 29.3 Å². The van der Waals surface area contributed by atoms with Gasteiger partial charge < -0.3 is 9.80 Å². The Morgan fingerprint density at radius 1 is 0.818 bits per heavy atom. The zero-order chi connectivity index (χ0) is 25.1. The molecule has 3 nitrogen and oxygen atoms in total. The van der Waals surface area contributed by atoms with Crippen molar-refractivity contribution in [2.24, 2.45) is 17.8 Å². The second kappa shape index (κ2) is 21.1. The first-order chi connectivity index (χ1) is 15.7. The number of hydrogen-bond donors (Lipinski definition) is 0. The summed E-state index contributed by atoms with van der Waals surface area (Å²) in [6.45, 7) is 28.4. The third-order valence-corrected chi connectivity index (χ3v) is 7.50. The minimum absolute atomic E-state index is 0.359. The van der Waals surface area contributed by atoms with E-state index in [9.17, 15) is 4.79 Å². The molecular formula is C28H54N2OS2. The molecule has 0 heterocycles. The number of thioether (sulfide) groups is 2. The smallest absolute Gasteiger partial charge is 0.188 e. The van der Waals surface area contributed by atoms with Gasteiger partial charge in [0.2, 0.25) is 0 Å². The molecule has 0 aromatic heterocycles. The van der Waals surface area contributed by atoms with Gasteiger partial charge >= 0.3 is 0 Å². The van der Waals surface area contributed by atoms with Crippen LogP contribution >= 0.6 is 23.5 Å². The van der Waals surface area contributed by atoms with Crippen LogP contribution < -0.4 is 0 Å². The van der Waals surface area contributed by atoms with E-state index in [1.54, 1.807) is 0 Å². The molecule has 0 aliphatic heterocycles. The van der Waals surface area contributed by atoms with Crippen molar-refractivity contribution >= 4 is 28.6 Å². The molecule has 0 aromatic carbocycles. The highest BCUT2D eigenvalue weighted by Crippen LogP contribution is 2.21. The van der Waals surface area contributed by atoms with E-state index in [1.807, 2.05) is 11.8 Å². The lowest BCUT2D eigenvalue weighted by Crippen LogP contribution is -2.32. The van der Waals surface area contributed by atoms with Crippen LogP contribution in [0.3, 0.4) is 0 Å². The molecule has 0 saturated heterocycles. The van der Waals surface area contributed by atoms with E-state index >= 15 is 0 Å². The van der Waals surface area contributed by atoms with Crippen molar-refractivity contribution in [2.45, 2.75) is 80.1 Å². The van der Waals surface area contributed by atoms with Crippen LogP contribution in [0, 0.1) is 17.8 Å². The van der Waals surface area contributed by atoms with Crippen molar-refractivity contribution in [3.8, 4) is 0 Å². The highest BCUT2D eigenvalue weighted by Gasteiger charge is 2.11. The molecule has 5 heteroatoms. The summed E-state index contributed by atoms with van der Waals surface area (Å²) in [7, 11) is 0. The summed E-state index contributed by atoms with van der Waals surface area (Å²) in [5, 5.41) is 0.359. The van der Waals surface area contributed by atoms with Crippen LogP contribution in [0.4, 0.5) is 0 Å². The van der Waals surface area contributed by atoms with Gasteiger partial charge in [-0.1, -0.05) is 66.0 Å². The van der Waals surface area contributed by atoms with Gasteiger partial charge in [-0.25, -0.2) is 0 Å². The molecule has 0 aliphatic carbocycles. The number of rotatable bonds is 22. The molecule has 1 atom stereocenters. The van der Waals surface area contributed by atoms with Crippen molar-refractivity contribution in [2.75, 3.05) is 50.8 Å². The topological polar surface area (TPSA) is 23.6 Å². The molecular weight excluding hydrogens is 444 g/mol. The van der Waals surface area contributed by atoms with Crippen molar-refractivity contribution in [3.63, 3.8) is 0 Å². The van der Waals surface area contributed by atoms with E-state index in [2.05, 4.69) is 70.6 Å². The van der Waals surface area contributed by atoms with Crippen LogP contribution in [0.5, 0.6) is 0 Å². The molecule has 0 radical (unpaired) electrons. The van der Waals surface area contributed by atoms with Gasteiger partial charge in [-0.2, -0.15) is 0 Å². The predicted octanol–water partition coefficient (Wildman–Crippen LogP) is 7.59. The number of carbonyl (C=O) groups excluding carboxylic acids is 1. The van der Waals surface area contributed by atoms with E-state index in [4.69, 9.17) is 0 Å². The molecule has 0 amide bonds. The maximum absolute atomic E-state index is 12.2. The summed E-state index contributed by atoms with van der Waals surface area (Å²) in [6, 6.07) is 0. The Hall–Kier alpha value is -0.230. The van der Waals surface area contributed by atoms with E-state index < -0.39 is 0 Å². The molecule has 0 saturated carbocycles. The Bertz CT molecular complexity index is 512. The minimum atomic E-state index is 0.359. The lowest BCUT2D eigenvalue weighted by Gasteiger charge is -2.25. The van der Waals surface area contributed by atoms with Crippen LogP contribution in [0.25, 0.3) is 0 Å². The lowest BCUT2D eigenvalue weighted by molar-refractivity contribution is -0.111. The summed E-state index contributed by atoms with van der Waals surface area (Å²) >= 11 is 3.41. The second-order valence-electron chi connectivity index (χ2n) is 10.2. The van der Waals surface area contributed by atoms with Gasteiger partial charge in [-0.3, -0.25) is 4.79 Å². The fraction of sp³-hybridized carbons (Fsp3) is 0.821. The van der Waals surface area contributed by atoms with Crippen LogP contribution in [0.1, 0.15) is 80.1 Å². The first-order valence-corrected chi connectivity index (χ1v) is 15.2. The Kier molecular flexibility index (Phi) is 20.9. The average Bonchev–Trinajstić information content (AvgIpc) is 2.72. The molecule has 0 N–H and O–H groups in total. The second-order valence-corrected chi connectivity index (χ2v) is 12.7. The number of allylic oxidation sites excluding steroid dienone is 1. The zero-order valence-corrected chi connectivity index (χ0v) is 24.4. The third kappa shape index (κ3) is 20.8. The van der Waals surface area contributed by atoms with Crippen LogP contribution in [-0.4, -0.2) is 65.7 Å². The van der Waals surface area contributed by atoms with E-state index in [-0.39, 0.29) is 0 Å². The van der Waals surface area contributed by atoms with Crippen molar-refractivity contribution in [3.05, 3.63) is 24.1 Å². The van der Waals surface area contributed by atoms with Crippen molar-refractivity contribution in [1.82, 2.24) is 9.80 Å². The normalized spacial score (nSPS) is 12.8. The number of hydrogen-bond acceptors (Lipinski definition) is 5. The Morgan fingerprint density at radius 2 is 1.39 bits per heavy atom. The average molecular weight is 499 g/mol. The molecule has 0 aliphatic rings. The van der Waals surface area contributed by atoms with Crippen LogP contribution in [-0.2, 0) is 4.79 Å². The largest absolute Gasteiger partial charge is 0.303 e. The fourth-order valence-electron chi connectivity index (χ4n) is 3.93. The van der Waals surface area contributed by atoms with Crippen molar-refractivity contribution in [1.29, 1.82) is 0 Å². The summed E-state index contributed by atoms with van der Waals surface area (Å²) in [4.78, 5) is 18.6. The van der Waals surface area contributed by atoms with Crippen LogP contribution in [0.2, 0.25) is 0 Å². The van der Waals surface area contributed by atoms with Gasteiger partial charge in [-0.05, 0) is 80.2 Å². The number of carbonyl (C=O) groups is 1. The molecule has 194 valence electrons. The first kappa shape index (κ1) is 32.8. The highest BCUT2D eigenvalue weighted by molar-refractivity contribution is 8.13. The summed E-state index contributed by atoms with van der Waals surface area (Å²) in [6.07, 6.45) is 8.27. The Balaban J connectivity index is 3.87. The SMILES string of the molecule is C=CC(C)CN(CCC)CCCC(=C)SCCCSC(=O)CCCN(CC(C)C)CC(C)C. The molecule has 0 bridgehead atoms. The fourth-order valence-corrected chi connectivity index (χ4v) is 5.79. The summed E-state index contributed by atoms with van der Waals surface area (Å²) in [5.41, 5.74) is 0. The molecule has 0 fully saturated rings. The van der Waals surface area contributed by atoms with Gasteiger partial charge in [0.05, 0.1) is 0 Å². The molecule has 0 aromatic rings.